The van der Waals surface area contributed by atoms with Crippen molar-refractivity contribution in [3.8, 4) is 0 Å². The van der Waals surface area contributed by atoms with Gasteiger partial charge in [-0.15, -0.1) is 0 Å². The zero-order chi connectivity index (χ0) is 18.5. The molecule has 0 unspecified atom stereocenters. The van der Waals surface area contributed by atoms with E-state index in [2.05, 4.69) is 5.32 Å². The van der Waals surface area contributed by atoms with Crippen molar-refractivity contribution in [3.05, 3.63) is 111 Å². The summed E-state index contributed by atoms with van der Waals surface area (Å²) >= 11 is 6.08. The summed E-state index contributed by atoms with van der Waals surface area (Å²) in [5, 5.41) is 13.8. The number of nitrogens with zero attached hydrogens (tertiary/aromatic N) is 1. The molecular formula is C20H15ClN2O3. The molecule has 0 heterocycles. The van der Waals surface area contributed by atoms with Crippen LogP contribution in [-0.2, 0) is 0 Å². The molecule has 1 amide bonds. The fourth-order valence-electron chi connectivity index (χ4n) is 2.66. The van der Waals surface area contributed by atoms with E-state index in [9.17, 15) is 14.9 Å². The summed E-state index contributed by atoms with van der Waals surface area (Å²) in [5.41, 5.74) is 1.87. The number of amides is 1. The van der Waals surface area contributed by atoms with Gasteiger partial charge in [0.05, 0.1) is 21.6 Å². The van der Waals surface area contributed by atoms with Crippen LogP contribution in [-0.4, -0.2) is 10.8 Å². The fourth-order valence-corrected chi connectivity index (χ4v) is 2.92. The molecule has 1 N–H and O–H groups in total. The minimum Gasteiger partial charge on any atom is -0.341 e. The molecule has 0 radical (unpaired) electrons. The zero-order valence-corrected chi connectivity index (χ0v) is 14.4. The number of halogens is 1. The number of benzene rings is 3. The van der Waals surface area contributed by atoms with Crippen LogP contribution in [0.1, 0.15) is 27.5 Å². The van der Waals surface area contributed by atoms with Crippen molar-refractivity contribution in [1.82, 2.24) is 5.32 Å². The summed E-state index contributed by atoms with van der Waals surface area (Å²) in [6.07, 6.45) is 0. The number of nitro groups is 1. The number of nitro benzene ring substituents is 1. The molecule has 0 aliphatic carbocycles. The van der Waals surface area contributed by atoms with Crippen molar-refractivity contribution in [2.24, 2.45) is 0 Å². The maximum Gasteiger partial charge on any atom is 0.270 e. The van der Waals surface area contributed by atoms with E-state index in [1.54, 1.807) is 0 Å². The highest BCUT2D eigenvalue weighted by atomic mass is 35.5. The Hall–Kier alpha value is -3.18. The molecule has 0 fully saturated rings. The van der Waals surface area contributed by atoms with Gasteiger partial charge in [-0.2, -0.15) is 0 Å². The van der Waals surface area contributed by atoms with Gasteiger partial charge in [0.25, 0.3) is 11.6 Å². The molecule has 0 aliphatic rings. The van der Waals surface area contributed by atoms with Crippen molar-refractivity contribution >= 4 is 23.2 Å². The van der Waals surface area contributed by atoms with Gasteiger partial charge in [-0.1, -0.05) is 72.3 Å². The van der Waals surface area contributed by atoms with E-state index in [4.69, 9.17) is 11.6 Å². The Morgan fingerprint density at radius 1 is 0.923 bits per heavy atom. The number of carbonyl (C=O) groups is 1. The van der Waals surface area contributed by atoms with Crippen LogP contribution in [0.4, 0.5) is 5.69 Å². The zero-order valence-electron chi connectivity index (χ0n) is 13.6. The van der Waals surface area contributed by atoms with E-state index in [0.29, 0.717) is 0 Å². The van der Waals surface area contributed by atoms with E-state index in [1.807, 2.05) is 60.7 Å². The van der Waals surface area contributed by atoms with E-state index in [-0.39, 0.29) is 22.3 Å². The van der Waals surface area contributed by atoms with Crippen molar-refractivity contribution in [3.63, 3.8) is 0 Å². The highest BCUT2D eigenvalue weighted by molar-refractivity contribution is 6.34. The first-order chi connectivity index (χ1) is 12.6. The molecule has 0 aliphatic heterocycles. The maximum absolute atomic E-state index is 12.7. The molecule has 26 heavy (non-hydrogen) atoms. The lowest BCUT2D eigenvalue weighted by molar-refractivity contribution is -0.384. The molecule has 0 aromatic heterocycles. The molecule has 0 saturated heterocycles. The summed E-state index contributed by atoms with van der Waals surface area (Å²) in [4.78, 5) is 23.0. The molecule has 0 atom stereocenters. The number of nitrogens with one attached hydrogen (secondary N) is 1. The predicted octanol–water partition coefficient (Wildman–Crippen LogP) is 4.77. The second-order valence-corrected chi connectivity index (χ2v) is 6.06. The molecule has 3 aromatic rings. The number of non-ortho nitro benzene ring substituents is 1. The molecule has 0 saturated carbocycles. The van der Waals surface area contributed by atoms with Crippen molar-refractivity contribution < 1.29 is 9.72 Å². The summed E-state index contributed by atoms with van der Waals surface area (Å²) in [5.74, 6) is -0.400. The number of hydrogen-bond donors (Lipinski definition) is 1. The maximum atomic E-state index is 12.7. The van der Waals surface area contributed by atoms with Crippen LogP contribution in [0.5, 0.6) is 0 Å². The summed E-state index contributed by atoms with van der Waals surface area (Å²) in [6, 6.07) is 22.5. The highest BCUT2D eigenvalue weighted by Crippen LogP contribution is 2.26. The number of rotatable bonds is 5. The van der Waals surface area contributed by atoms with Gasteiger partial charge < -0.3 is 5.32 Å². The summed E-state index contributed by atoms with van der Waals surface area (Å²) in [6.45, 7) is 0. The van der Waals surface area contributed by atoms with E-state index in [0.717, 1.165) is 11.1 Å². The van der Waals surface area contributed by atoms with E-state index < -0.39 is 10.8 Å². The topological polar surface area (TPSA) is 72.2 Å². The minimum atomic E-state index is -0.551. The average Bonchev–Trinajstić information content (AvgIpc) is 2.67. The second-order valence-electron chi connectivity index (χ2n) is 5.65. The largest absolute Gasteiger partial charge is 0.341 e. The fraction of sp³-hybridized carbons (Fsp3) is 0.0500. The first-order valence-corrected chi connectivity index (χ1v) is 8.29. The molecule has 0 spiro atoms. The van der Waals surface area contributed by atoms with Gasteiger partial charge >= 0.3 is 0 Å². The lowest BCUT2D eigenvalue weighted by Gasteiger charge is -2.20. The molecule has 3 rings (SSSR count). The van der Waals surface area contributed by atoms with E-state index in [1.165, 1.54) is 18.2 Å². The Labute approximate surface area is 155 Å². The summed E-state index contributed by atoms with van der Waals surface area (Å²) < 4.78 is 0. The third kappa shape index (κ3) is 3.90. The SMILES string of the molecule is O=C(NC(c1ccccc1)c1ccccc1)c1ccc([N+](=O)[O-])cc1Cl. The quantitative estimate of drug-likeness (QED) is 0.522. The van der Waals surface area contributed by atoms with Gasteiger partial charge in [0.2, 0.25) is 0 Å². The van der Waals surface area contributed by atoms with E-state index >= 15 is 0 Å². The van der Waals surface area contributed by atoms with Crippen LogP contribution in [0, 0.1) is 10.1 Å². The Morgan fingerprint density at radius 2 is 1.46 bits per heavy atom. The smallest absolute Gasteiger partial charge is 0.270 e. The van der Waals surface area contributed by atoms with Crippen molar-refractivity contribution in [2.75, 3.05) is 0 Å². The summed E-state index contributed by atoms with van der Waals surface area (Å²) in [7, 11) is 0. The molecule has 130 valence electrons. The van der Waals surface area contributed by atoms with Crippen molar-refractivity contribution in [1.29, 1.82) is 0 Å². The number of hydrogen-bond acceptors (Lipinski definition) is 3. The first kappa shape index (κ1) is 17.6. The Morgan fingerprint density at radius 3 is 1.92 bits per heavy atom. The normalized spacial score (nSPS) is 10.5. The van der Waals surface area contributed by atoms with Gasteiger partial charge in [0.15, 0.2) is 0 Å². The van der Waals surface area contributed by atoms with Crippen LogP contribution >= 0.6 is 11.6 Å². The van der Waals surface area contributed by atoms with Crippen LogP contribution < -0.4 is 5.32 Å². The highest BCUT2D eigenvalue weighted by Gasteiger charge is 2.20. The van der Waals surface area contributed by atoms with Crippen LogP contribution in [0.25, 0.3) is 0 Å². The third-order valence-electron chi connectivity index (χ3n) is 3.95. The monoisotopic (exact) mass is 366 g/mol. The van der Waals surface area contributed by atoms with Gasteiger partial charge in [0, 0.05) is 12.1 Å². The van der Waals surface area contributed by atoms with Crippen LogP contribution in [0.3, 0.4) is 0 Å². The standard InChI is InChI=1S/C20H15ClN2O3/c21-18-13-16(23(25)26)11-12-17(18)20(24)22-19(14-7-3-1-4-8-14)15-9-5-2-6-10-15/h1-13,19H,(H,22,24). The average molecular weight is 367 g/mol. The lowest BCUT2D eigenvalue weighted by atomic mass is 9.98. The second kappa shape index (κ2) is 7.80. The molecule has 0 bridgehead atoms. The van der Waals surface area contributed by atoms with Crippen molar-refractivity contribution in [2.45, 2.75) is 6.04 Å². The number of carbonyl (C=O) groups excluding carboxylic acids is 1. The Balaban J connectivity index is 1.92. The van der Waals surface area contributed by atoms with Gasteiger partial charge in [-0.3, -0.25) is 14.9 Å². The van der Waals surface area contributed by atoms with Gasteiger partial charge in [-0.05, 0) is 17.2 Å². The molecular weight excluding hydrogens is 352 g/mol. The molecule has 5 nitrogen and oxygen atoms in total. The third-order valence-corrected chi connectivity index (χ3v) is 4.26. The Kier molecular flexibility index (Phi) is 5.29. The van der Waals surface area contributed by atoms with Gasteiger partial charge in [0.1, 0.15) is 0 Å². The molecule has 6 heteroatoms. The van der Waals surface area contributed by atoms with Gasteiger partial charge in [-0.25, -0.2) is 0 Å². The first-order valence-electron chi connectivity index (χ1n) is 7.91. The molecule has 3 aromatic carbocycles. The van der Waals surface area contributed by atoms with Crippen LogP contribution in [0.2, 0.25) is 5.02 Å². The Bertz CT molecular complexity index is 891. The van der Waals surface area contributed by atoms with Crippen LogP contribution in [0.15, 0.2) is 78.9 Å². The minimum absolute atomic E-state index is 0.0385. The lowest BCUT2D eigenvalue weighted by Crippen LogP contribution is -2.29. The predicted molar refractivity (Wildman–Crippen MR) is 100 cm³/mol.